The zero-order chi connectivity index (χ0) is 20.1. The van der Waals surface area contributed by atoms with Gasteiger partial charge in [-0.15, -0.1) is 0 Å². The van der Waals surface area contributed by atoms with Gasteiger partial charge in [0.15, 0.2) is 6.61 Å². The summed E-state index contributed by atoms with van der Waals surface area (Å²) in [5, 5.41) is 3.23. The summed E-state index contributed by atoms with van der Waals surface area (Å²) in [6.07, 6.45) is 0. The Hall–Kier alpha value is -3.22. The summed E-state index contributed by atoms with van der Waals surface area (Å²) in [5.41, 5.74) is 0.920. The molecule has 1 aliphatic rings. The molecule has 7 nitrogen and oxygen atoms in total. The number of methoxy groups -OCH3 is 1. The molecular formula is C21H24N2O5. The van der Waals surface area contributed by atoms with Crippen LogP contribution in [0.1, 0.15) is 13.8 Å². The fourth-order valence-electron chi connectivity index (χ4n) is 3.00. The first-order chi connectivity index (χ1) is 13.4. The van der Waals surface area contributed by atoms with Crippen LogP contribution in [0, 0.1) is 0 Å². The Balaban J connectivity index is 1.54. The minimum absolute atomic E-state index is 0.0742. The first-order valence-electron chi connectivity index (χ1n) is 9.02. The number of hydrogen-bond donors (Lipinski definition) is 1. The lowest BCUT2D eigenvalue weighted by Crippen LogP contribution is -2.54. The fraction of sp³-hybridized carbons (Fsp3) is 0.333. The van der Waals surface area contributed by atoms with Crippen LogP contribution in [0.5, 0.6) is 11.5 Å². The molecule has 2 aromatic carbocycles. The third kappa shape index (κ3) is 4.36. The molecule has 1 amide bonds. The van der Waals surface area contributed by atoms with E-state index in [4.69, 9.17) is 14.2 Å². The van der Waals surface area contributed by atoms with Crippen molar-refractivity contribution in [3.8, 4) is 11.5 Å². The quantitative estimate of drug-likeness (QED) is 0.740. The van der Waals surface area contributed by atoms with Crippen molar-refractivity contribution in [2.24, 2.45) is 0 Å². The molecule has 7 heteroatoms. The van der Waals surface area contributed by atoms with E-state index in [1.807, 2.05) is 38.1 Å². The molecule has 0 fully saturated rings. The number of esters is 1. The van der Waals surface area contributed by atoms with Crippen LogP contribution in [-0.2, 0) is 14.3 Å². The lowest BCUT2D eigenvalue weighted by Gasteiger charge is -2.39. The zero-order valence-electron chi connectivity index (χ0n) is 16.2. The maximum Gasteiger partial charge on any atom is 0.344 e. The number of fused-ring (bicyclic) bond motifs is 1. The zero-order valence-corrected chi connectivity index (χ0v) is 16.2. The van der Waals surface area contributed by atoms with Crippen LogP contribution in [0.25, 0.3) is 0 Å². The summed E-state index contributed by atoms with van der Waals surface area (Å²) in [7, 11) is 1.56. The van der Waals surface area contributed by atoms with Crippen LogP contribution in [-0.4, -0.2) is 44.3 Å². The molecule has 1 aliphatic heterocycles. The molecule has 2 aromatic rings. The van der Waals surface area contributed by atoms with Gasteiger partial charge in [0.2, 0.25) is 0 Å². The number of benzene rings is 2. The highest BCUT2D eigenvalue weighted by atomic mass is 16.6. The largest absolute Gasteiger partial charge is 0.497 e. The van der Waals surface area contributed by atoms with Gasteiger partial charge in [-0.25, -0.2) is 4.79 Å². The van der Waals surface area contributed by atoms with Crippen LogP contribution in [0.4, 0.5) is 11.4 Å². The second-order valence-corrected chi connectivity index (χ2v) is 6.91. The summed E-state index contributed by atoms with van der Waals surface area (Å²) < 4.78 is 15.8. The van der Waals surface area contributed by atoms with Gasteiger partial charge in [-0.1, -0.05) is 18.2 Å². The number of carbonyl (C=O) groups excluding carboxylic acids is 2. The van der Waals surface area contributed by atoms with Crippen molar-refractivity contribution in [3.63, 3.8) is 0 Å². The van der Waals surface area contributed by atoms with Gasteiger partial charge in [0.05, 0.1) is 25.0 Å². The number of carbonyl (C=O) groups is 2. The molecule has 148 valence electrons. The van der Waals surface area contributed by atoms with E-state index in [1.54, 1.807) is 36.3 Å². The third-order valence-electron chi connectivity index (χ3n) is 4.40. The smallest absolute Gasteiger partial charge is 0.344 e. The van der Waals surface area contributed by atoms with Gasteiger partial charge >= 0.3 is 5.97 Å². The Morgan fingerprint density at radius 1 is 1.11 bits per heavy atom. The van der Waals surface area contributed by atoms with E-state index in [9.17, 15) is 9.59 Å². The van der Waals surface area contributed by atoms with Gasteiger partial charge < -0.3 is 24.4 Å². The predicted molar refractivity (Wildman–Crippen MR) is 106 cm³/mol. The molecule has 0 radical (unpaired) electrons. The molecule has 1 N–H and O–H groups in total. The Bertz CT molecular complexity index is 865. The number of hydrogen-bond acceptors (Lipinski definition) is 6. The normalized spacial score (nSPS) is 14.7. The Kier molecular flexibility index (Phi) is 5.73. The average molecular weight is 384 g/mol. The molecule has 0 spiro atoms. The molecule has 28 heavy (non-hydrogen) atoms. The summed E-state index contributed by atoms with van der Waals surface area (Å²) in [6, 6.07) is 14.5. The SMILES string of the molecule is COc1cccc(OCC(=O)OCCN2C(=O)C(C)(C)Nc3ccccc32)c1. The highest BCUT2D eigenvalue weighted by Gasteiger charge is 2.38. The Morgan fingerprint density at radius 3 is 2.64 bits per heavy atom. The van der Waals surface area contributed by atoms with Gasteiger partial charge in [0.1, 0.15) is 23.6 Å². The molecule has 3 rings (SSSR count). The standard InChI is InChI=1S/C21H24N2O5/c1-21(2)20(25)23(18-10-5-4-9-17(18)22-21)11-12-27-19(24)14-28-16-8-6-7-15(13-16)26-3/h4-10,13,22H,11-12,14H2,1-3H3. The van der Waals surface area contributed by atoms with E-state index in [2.05, 4.69) is 5.32 Å². The number of nitrogens with zero attached hydrogens (tertiary/aromatic N) is 1. The number of amides is 1. The molecule has 0 atom stereocenters. The number of para-hydroxylation sites is 2. The molecule has 0 saturated carbocycles. The minimum Gasteiger partial charge on any atom is -0.497 e. The summed E-state index contributed by atoms with van der Waals surface area (Å²) in [5.74, 6) is 0.585. The van der Waals surface area contributed by atoms with Crippen molar-refractivity contribution >= 4 is 23.3 Å². The highest BCUT2D eigenvalue weighted by molar-refractivity contribution is 6.07. The van der Waals surface area contributed by atoms with Crippen LogP contribution in [0.2, 0.25) is 0 Å². The first-order valence-corrected chi connectivity index (χ1v) is 9.02. The molecule has 0 aliphatic carbocycles. The van der Waals surface area contributed by atoms with Crippen LogP contribution < -0.4 is 19.7 Å². The van der Waals surface area contributed by atoms with E-state index < -0.39 is 11.5 Å². The predicted octanol–water partition coefficient (Wildman–Crippen LogP) is 2.85. The van der Waals surface area contributed by atoms with E-state index in [1.165, 1.54) is 0 Å². The Morgan fingerprint density at radius 2 is 1.86 bits per heavy atom. The monoisotopic (exact) mass is 384 g/mol. The topological polar surface area (TPSA) is 77.1 Å². The van der Waals surface area contributed by atoms with Crippen molar-refractivity contribution in [1.82, 2.24) is 0 Å². The lowest BCUT2D eigenvalue weighted by molar-refractivity contribution is -0.146. The van der Waals surface area contributed by atoms with Crippen LogP contribution >= 0.6 is 0 Å². The van der Waals surface area contributed by atoms with E-state index in [0.29, 0.717) is 11.5 Å². The molecule has 0 unspecified atom stereocenters. The first kappa shape index (κ1) is 19.5. The number of ether oxygens (including phenoxy) is 3. The average Bonchev–Trinajstić information content (AvgIpc) is 2.69. The van der Waals surface area contributed by atoms with E-state index in [0.717, 1.165) is 11.4 Å². The number of anilines is 2. The van der Waals surface area contributed by atoms with E-state index >= 15 is 0 Å². The summed E-state index contributed by atoms with van der Waals surface area (Å²) >= 11 is 0. The number of nitrogens with one attached hydrogen (secondary N) is 1. The molecule has 1 heterocycles. The summed E-state index contributed by atoms with van der Waals surface area (Å²) in [4.78, 5) is 26.4. The van der Waals surface area contributed by atoms with Gasteiger partial charge in [0.25, 0.3) is 5.91 Å². The van der Waals surface area contributed by atoms with Crippen molar-refractivity contribution in [2.45, 2.75) is 19.4 Å². The summed E-state index contributed by atoms with van der Waals surface area (Å²) in [6.45, 7) is 3.78. The van der Waals surface area contributed by atoms with Gasteiger partial charge in [-0.05, 0) is 38.1 Å². The Labute approximate surface area is 164 Å². The van der Waals surface area contributed by atoms with Crippen molar-refractivity contribution in [2.75, 3.05) is 37.1 Å². The van der Waals surface area contributed by atoms with Crippen molar-refractivity contribution in [3.05, 3.63) is 48.5 Å². The van der Waals surface area contributed by atoms with Gasteiger partial charge in [-0.2, -0.15) is 0 Å². The van der Waals surface area contributed by atoms with Crippen molar-refractivity contribution < 1.29 is 23.8 Å². The lowest BCUT2D eigenvalue weighted by atomic mass is 9.98. The molecular weight excluding hydrogens is 360 g/mol. The van der Waals surface area contributed by atoms with Crippen molar-refractivity contribution in [1.29, 1.82) is 0 Å². The van der Waals surface area contributed by atoms with Gasteiger partial charge in [-0.3, -0.25) is 4.79 Å². The van der Waals surface area contributed by atoms with Crippen LogP contribution in [0.15, 0.2) is 48.5 Å². The molecule has 0 aromatic heterocycles. The highest BCUT2D eigenvalue weighted by Crippen LogP contribution is 2.34. The maximum atomic E-state index is 12.7. The second kappa shape index (κ2) is 8.21. The van der Waals surface area contributed by atoms with Crippen LogP contribution in [0.3, 0.4) is 0 Å². The molecule has 0 saturated heterocycles. The maximum absolute atomic E-state index is 12.7. The second-order valence-electron chi connectivity index (χ2n) is 6.91. The number of rotatable bonds is 7. The fourth-order valence-corrected chi connectivity index (χ4v) is 3.00. The van der Waals surface area contributed by atoms with Gasteiger partial charge in [0, 0.05) is 6.07 Å². The third-order valence-corrected chi connectivity index (χ3v) is 4.40. The minimum atomic E-state index is -0.728. The molecule has 0 bridgehead atoms. The van der Waals surface area contributed by atoms with E-state index in [-0.39, 0.29) is 25.7 Å².